The summed E-state index contributed by atoms with van der Waals surface area (Å²) in [5.41, 5.74) is 2.00. The highest BCUT2D eigenvalue weighted by Gasteiger charge is 2.09. The molecule has 4 heteroatoms. The SMILES string of the molecule is CCN(CC)CCNc1ccc(C)cc1C(=O)O. The number of likely N-dealkylation sites (N-methyl/N-ethyl adjacent to an activating group) is 1. The first kappa shape index (κ1) is 14.5. The molecule has 0 aliphatic heterocycles. The first-order valence-corrected chi connectivity index (χ1v) is 6.38. The molecule has 0 amide bonds. The van der Waals surface area contributed by atoms with E-state index in [1.165, 1.54) is 0 Å². The third-order valence-electron chi connectivity index (χ3n) is 3.04. The summed E-state index contributed by atoms with van der Waals surface area (Å²) in [7, 11) is 0. The number of anilines is 1. The van der Waals surface area contributed by atoms with E-state index in [9.17, 15) is 4.79 Å². The fourth-order valence-electron chi connectivity index (χ4n) is 1.88. The zero-order chi connectivity index (χ0) is 13.5. The number of aromatic carboxylic acids is 1. The Bertz CT molecular complexity index is 401. The number of nitrogens with zero attached hydrogens (tertiary/aromatic N) is 1. The Kier molecular flexibility index (Phi) is 5.65. The molecule has 0 bridgehead atoms. The minimum absolute atomic E-state index is 0.342. The summed E-state index contributed by atoms with van der Waals surface area (Å²) < 4.78 is 0. The molecule has 2 N–H and O–H groups in total. The van der Waals surface area contributed by atoms with E-state index in [2.05, 4.69) is 24.1 Å². The molecule has 0 atom stereocenters. The molecule has 0 unspecified atom stereocenters. The zero-order valence-electron chi connectivity index (χ0n) is 11.4. The molecule has 0 heterocycles. The molecule has 0 spiro atoms. The van der Waals surface area contributed by atoms with Crippen LogP contribution in [0.3, 0.4) is 0 Å². The molecular weight excluding hydrogens is 228 g/mol. The highest BCUT2D eigenvalue weighted by atomic mass is 16.4. The molecule has 0 radical (unpaired) electrons. The molecule has 0 fully saturated rings. The second-order valence-corrected chi connectivity index (χ2v) is 4.31. The number of hydrogen-bond donors (Lipinski definition) is 2. The normalized spacial score (nSPS) is 10.7. The predicted octanol–water partition coefficient (Wildman–Crippen LogP) is 2.45. The highest BCUT2D eigenvalue weighted by molar-refractivity contribution is 5.94. The van der Waals surface area contributed by atoms with E-state index in [-0.39, 0.29) is 0 Å². The topological polar surface area (TPSA) is 52.6 Å². The fraction of sp³-hybridized carbons (Fsp3) is 0.500. The smallest absolute Gasteiger partial charge is 0.337 e. The van der Waals surface area contributed by atoms with Gasteiger partial charge < -0.3 is 15.3 Å². The lowest BCUT2D eigenvalue weighted by molar-refractivity contribution is 0.0698. The number of aryl methyl sites for hydroxylation is 1. The maximum Gasteiger partial charge on any atom is 0.337 e. The van der Waals surface area contributed by atoms with E-state index in [1.807, 2.05) is 19.1 Å². The van der Waals surface area contributed by atoms with Crippen LogP contribution in [0.4, 0.5) is 5.69 Å². The third kappa shape index (κ3) is 4.04. The number of nitrogens with one attached hydrogen (secondary N) is 1. The molecule has 18 heavy (non-hydrogen) atoms. The molecular formula is C14H22N2O2. The van der Waals surface area contributed by atoms with E-state index >= 15 is 0 Å². The van der Waals surface area contributed by atoms with Crippen LogP contribution in [0.2, 0.25) is 0 Å². The molecule has 4 nitrogen and oxygen atoms in total. The lowest BCUT2D eigenvalue weighted by atomic mass is 10.1. The van der Waals surface area contributed by atoms with Crippen molar-refractivity contribution in [3.8, 4) is 0 Å². The molecule has 0 saturated heterocycles. The molecule has 1 aromatic rings. The molecule has 1 rings (SSSR count). The van der Waals surface area contributed by atoms with E-state index in [0.29, 0.717) is 11.3 Å². The second kappa shape index (κ2) is 7.01. The first-order valence-electron chi connectivity index (χ1n) is 6.38. The standard InChI is InChI=1S/C14H22N2O2/c1-4-16(5-2)9-8-15-13-7-6-11(3)10-12(13)14(17)18/h6-7,10,15H,4-5,8-9H2,1-3H3,(H,17,18). The fourth-order valence-corrected chi connectivity index (χ4v) is 1.88. The van der Waals surface area contributed by atoms with Crippen LogP contribution in [0.15, 0.2) is 18.2 Å². The van der Waals surface area contributed by atoms with Crippen molar-refractivity contribution in [3.05, 3.63) is 29.3 Å². The van der Waals surface area contributed by atoms with Gasteiger partial charge in [-0.25, -0.2) is 4.79 Å². The number of rotatable bonds is 7. The number of carboxylic acids is 1. The van der Waals surface area contributed by atoms with Crippen molar-refractivity contribution in [3.63, 3.8) is 0 Å². The largest absolute Gasteiger partial charge is 0.478 e. The number of carboxylic acid groups (broad SMARTS) is 1. The minimum atomic E-state index is -0.885. The Hall–Kier alpha value is -1.55. The second-order valence-electron chi connectivity index (χ2n) is 4.31. The van der Waals surface area contributed by atoms with Crippen LogP contribution in [0.25, 0.3) is 0 Å². The average molecular weight is 250 g/mol. The van der Waals surface area contributed by atoms with Gasteiger partial charge in [-0.05, 0) is 32.1 Å². The quantitative estimate of drug-likeness (QED) is 0.780. The summed E-state index contributed by atoms with van der Waals surface area (Å²) in [4.78, 5) is 13.4. The maximum absolute atomic E-state index is 11.1. The van der Waals surface area contributed by atoms with Gasteiger partial charge in [0.1, 0.15) is 0 Å². The monoisotopic (exact) mass is 250 g/mol. The van der Waals surface area contributed by atoms with Gasteiger partial charge in [-0.2, -0.15) is 0 Å². The van der Waals surface area contributed by atoms with Crippen molar-refractivity contribution in [2.45, 2.75) is 20.8 Å². The van der Waals surface area contributed by atoms with Gasteiger partial charge in [-0.1, -0.05) is 25.5 Å². The van der Waals surface area contributed by atoms with Crippen LogP contribution in [-0.4, -0.2) is 42.2 Å². The Morgan fingerprint density at radius 1 is 1.33 bits per heavy atom. The van der Waals surface area contributed by atoms with E-state index in [0.717, 1.165) is 31.7 Å². The number of hydrogen-bond acceptors (Lipinski definition) is 3. The lowest BCUT2D eigenvalue weighted by Gasteiger charge is -2.19. The van der Waals surface area contributed by atoms with Crippen LogP contribution < -0.4 is 5.32 Å². The van der Waals surface area contributed by atoms with Gasteiger partial charge in [0, 0.05) is 18.8 Å². The van der Waals surface area contributed by atoms with Crippen LogP contribution in [0, 0.1) is 6.92 Å². The van der Waals surface area contributed by atoms with Gasteiger partial charge in [0.05, 0.1) is 5.56 Å². The van der Waals surface area contributed by atoms with Crippen LogP contribution >= 0.6 is 0 Å². The van der Waals surface area contributed by atoms with E-state index in [1.54, 1.807) is 6.07 Å². The van der Waals surface area contributed by atoms with Crippen molar-refractivity contribution in [1.29, 1.82) is 0 Å². The van der Waals surface area contributed by atoms with E-state index < -0.39 is 5.97 Å². The molecule has 100 valence electrons. The Labute approximate surface area is 109 Å². The van der Waals surface area contributed by atoms with Gasteiger partial charge in [-0.15, -0.1) is 0 Å². The molecule has 0 aliphatic rings. The Balaban J connectivity index is 2.64. The predicted molar refractivity (Wildman–Crippen MR) is 74.4 cm³/mol. The number of benzene rings is 1. The minimum Gasteiger partial charge on any atom is -0.478 e. The Morgan fingerprint density at radius 3 is 2.56 bits per heavy atom. The summed E-state index contributed by atoms with van der Waals surface area (Å²) >= 11 is 0. The zero-order valence-corrected chi connectivity index (χ0v) is 11.4. The van der Waals surface area contributed by atoms with Crippen molar-refractivity contribution in [2.75, 3.05) is 31.5 Å². The third-order valence-corrected chi connectivity index (χ3v) is 3.04. The number of carbonyl (C=O) groups is 1. The molecule has 0 saturated carbocycles. The summed E-state index contributed by atoms with van der Waals surface area (Å²) in [5, 5.41) is 12.3. The average Bonchev–Trinajstić information content (AvgIpc) is 2.36. The van der Waals surface area contributed by atoms with Crippen LogP contribution in [0.1, 0.15) is 29.8 Å². The van der Waals surface area contributed by atoms with Gasteiger partial charge in [0.25, 0.3) is 0 Å². The maximum atomic E-state index is 11.1. The molecule has 0 aliphatic carbocycles. The summed E-state index contributed by atoms with van der Waals surface area (Å²) in [5.74, 6) is -0.885. The van der Waals surface area contributed by atoms with E-state index in [4.69, 9.17) is 5.11 Å². The van der Waals surface area contributed by atoms with Crippen LogP contribution in [-0.2, 0) is 0 Å². The van der Waals surface area contributed by atoms with Gasteiger partial charge in [0.2, 0.25) is 0 Å². The lowest BCUT2D eigenvalue weighted by Crippen LogP contribution is -2.28. The van der Waals surface area contributed by atoms with Crippen molar-refractivity contribution in [1.82, 2.24) is 4.90 Å². The summed E-state index contributed by atoms with van der Waals surface area (Å²) in [6.07, 6.45) is 0. The van der Waals surface area contributed by atoms with Crippen molar-refractivity contribution < 1.29 is 9.90 Å². The van der Waals surface area contributed by atoms with Gasteiger partial charge in [0.15, 0.2) is 0 Å². The van der Waals surface area contributed by atoms with Gasteiger partial charge in [-0.3, -0.25) is 0 Å². The molecule has 1 aromatic carbocycles. The van der Waals surface area contributed by atoms with Gasteiger partial charge >= 0.3 is 5.97 Å². The first-order chi connectivity index (χ1) is 8.58. The molecule has 0 aromatic heterocycles. The van der Waals surface area contributed by atoms with Crippen LogP contribution in [0.5, 0.6) is 0 Å². The Morgan fingerprint density at radius 2 is 2.00 bits per heavy atom. The summed E-state index contributed by atoms with van der Waals surface area (Å²) in [6, 6.07) is 5.45. The highest BCUT2D eigenvalue weighted by Crippen LogP contribution is 2.17. The summed E-state index contributed by atoms with van der Waals surface area (Å²) in [6.45, 7) is 9.84. The van der Waals surface area contributed by atoms with Crippen molar-refractivity contribution in [2.24, 2.45) is 0 Å². The van der Waals surface area contributed by atoms with Crippen molar-refractivity contribution >= 4 is 11.7 Å².